The highest BCUT2D eigenvalue weighted by Crippen LogP contribution is 2.26. The zero-order chi connectivity index (χ0) is 10.7. The van der Waals surface area contributed by atoms with E-state index < -0.39 is 0 Å². The molecule has 15 heavy (non-hydrogen) atoms. The fourth-order valence-electron chi connectivity index (χ4n) is 2.20. The minimum absolute atomic E-state index is 0.325. The minimum Gasteiger partial charge on any atom is -0.396 e. The van der Waals surface area contributed by atoms with Crippen LogP contribution in [0, 0.1) is 5.92 Å². The van der Waals surface area contributed by atoms with Crippen molar-refractivity contribution in [3.8, 4) is 0 Å². The Hall–Kier alpha value is 0.1000. The molecule has 84 valence electrons. The van der Waals surface area contributed by atoms with E-state index in [4.69, 9.17) is 0 Å². The molecule has 1 heterocycles. The van der Waals surface area contributed by atoms with Crippen molar-refractivity contribution in [2.45, 2.75) is 31.8 Å². The van der Waals surface area contributed by atoms with Crippen LogP contribution < -0.4 is 5.32 Å². The van der Waals surface area contributed by atoms with Crippen LogP contribution in [0.25, 0.3) is 0 Å². The predicted octanol–water partition coefficient (Wildman–Crippen LogP) is 2.76. The quantitative estimate of drug-likeness (QED) is 0.893. The van der Waals surface area contributed by atoms with Gasteiger partial charge in [0, 0.05) is 33.9 Å². The van der Waals surface area contributed by atoms with E-state index in [0.717, 1.165) is 11.0 Å². The van der Waals surface area contributed by atoms with Crippen molar-refractivity contribution in [3.05, 3.63) is 20.8 Å². The molecule has 0 aromatic carbocycles. The van der Waals surface area contributed by atoms with Gasteiger partial charge in [0.1, 0.15) is 0 Å². The molecule has 2 N–H and O–H groups in total. The predicted molar refractivity (Wildman–Crippen MR) is 67.1 cm³/mol. The third-order valence-corrected chi connectivity index (χ3v) is 4.75. The van der Waals surface area contributed by atoms with Crippen LogP contribution >= 0.6 is 27.3 Å². The Bertz CT molecular complexity index is 315. The van der Waals surface area contributed by atoms with Gasteiger partial charge in [0.05, 0.1) is 0 Å². The van der Waals surface area contributed by atoms with Crippen molar-refractivity contribution in [1.29, 1.82) is 0 Å². The summed E-state index contributed by atoms with van der Waals surface area (Å²) in [6.07, 6.45) is 3.62. The lowest BCUT2D eigenvalue weighted by Gasteiger charge is -2.18. The molecule has 4 heteroatoms. The number of aliphatic hydroxyl groups excluding tert-OH is 1. The Morgan fingerprint density at radius 3 is 3.07 bits per heavy atom. The van der Waals surface area contributed by atoms with E-state index in [1.165, 1.54) is 24.1 Å². The molecule has 1 fully saturated rings. The fourth-order valence-corrected chi connectivity index (χ4v) is 3.60. The van der Waals surface area contributed by atoms with Crippen molar-refractivity contribution in [3.63, 3.8) is 0 Å². The van der Waals surface area contributed by atoms with Gasteiger partial charge in [-0.1, -0.05) is 6.42 Å². The highest BCUT2D eigenvalue weighted by atomic mass is 79.9. The summed E-state index contributed by atoms with van der Waals surface area (Å²) in [4.78, 5) is 1.35. The molecule has 1 saturated carbocycles. The standard InChI is InChI=1S/C11H16BrNOS/c12-9-4-10(15-7-9)5-13-11-3-1-2-8(11)6-14/h4,7-8,11,13-14H,1-3,5-6H2. The van der Waals surface area contributed by atoms with Crippen LogP contribution in [-0.2, 0) is 6.54 Å². The summed E-state index contributed by atoms with van der Waals surface area (Å²) >= 11 is 5.22. The molecule has 2 rings (SSSR count). The molecule has 2 nitrogen and oxygen atoms in total. The maximum absolute atomic E-state index is 9.19. The summed E-state index contributed by atoms with van der Waals surface area (Å²) in [6.45, 7) is 1.25. The summed E-state index contributed by atoms with van der Waals surface area (Å²) in [6, 6.07) is 2.66. The fraction of sp³-hybridized carbons (Fsp3) is 0.636. The number of hydrogen-bond acceptors (Lipinski definition) is 3. The first-order valence-corrected chi connectivity index (χ1v) is 7.04. The highest BCUT2D eigenvalue weighted by Gasteiger charge is 2.25. The molecule has 1 aliphatic rings. The molecule has 2 unspecified atom stereocenters. The average molecular weight is 290 g/mol. The van der Waals surface area contributed by atoms with Crippen molar-refractivity contribution in [1.82, 2.24) is 5.32 Å². The van der Waals surface area contributed by atoms with Crippen LogP contribution in [0.5, 0.6) is 0 Å². The van der Waals surface area contributed by atoms with Gasteiger partial charge in [-0.15, -0.1) is 11.3 Å². The van der Waals surface area contributed by atoms with Gasteiger partial charge in [-0.05, 0) is 40.8 Å². The molecular weight excluding hydrogens is 274 g/mol. The number of aliphatic hydroxyl groups is 1. The summed E-state index contributed by atoms with van der Waals surface area (Å²) in [5.74, 6) is 0.466. The van der Waals surface area contributed by atoms with Gasteiger partial charge >= 0.3 is 0 Å². The topological polar surface area (TPSA) is 32.3 Å². The van der Waals surface area contributed by atoms with Crippen molar-refractivity contribution in [2.75, 3.05) is 6.61 Å². The van der Waals surface area contributed by atoms with Gasteiger partial charge in [0.25, 0.3) is 0 Å². The first-order valence-electron chi connectivity index (χ1n) is 5.36. The molecular formula is C11H16BrNOS. The molecule has 2 atom stereocenters. The van der Waals surface area contributed by atoms with Gasteiger partial charge in [0.15, 0.2) is 0 Å². The second-order valence-corrected chi connectivity index (χ2v) is 6.00. The summed E-state index contributed by atoms with van der Waals surface area (Å²) < 4.78 is 1.16. The number of halogens is 1. The van der Waals surface area contributed by atoms with E-state index in [2.05, 4.69) is 32.7 Å². The first-order chi connectivity index (χ1) is 7.29. The molecule has 0 saturated heterocycles. The van der Waals surface area contributed by atoms with E-state index in [1.807, 2.05) is 0 Å². The van der Waals surface area contributed by atoms with Crippen LogP contribution in [0.1, 0.15) is 24.1 Å². The number of hydrogen-bond donors (Lipinski definition) is 2. The summed E-state index contributed by atoms with van der Waals surface area (Å²) in [5, 5.41) is 14.8. The Morgan fingerprint density at radius 1 is 1.53 bits per heavy atom. The van der Waals surface area contributed by atoms with Crippen LogP contribution in [0.3, 0.4) is 0 Å². The van der Waals surface area contributed by atoms with Crippen molar-refractivity contribution in [2.24, 2.45) is 5.92 Å². The Morgan fingerprint density at radius 2 is 2.40 bits per heavy atom. The maximum atomic E-state index is 9.19. The van der Waals surface area contributed by atoms with Crippen molar-refractivity contribution >= 4 is 27.3 Å². The monoisotopic (exact) mass is 289 g/mol. The summed E-state index contributed by atoms with van der Waals surface area (Å²) in [7, 11) is 0. The molecule has 1 aromatic heterocycles. The lowest BCUT2D eigenvalue weighted by Crippen LogP contribution is -2.33. The smallest absolute Gasteiger partial charge is 0.0474 e. The Labute approximate surface area is 103 Å². The minimum atomic E-state index is 0.325. The van der Waals surface area contributed by atoms with Crippen LogP contribution in [0.4, 0.5) is 0 Å². The van der Waals surface area contributed by atoms with Crippen LogP contribution in [0.15, 0.2) is 15.9 Å². The lowest BCUT2D eigenvalue weighted by atomic mass is 10.1. The van der Waals surface area contributed by atoms with Gasteiger partial charge in [-0.3, -0.25) is 0 Å². The van der Waals surface area contributed by atoms with Crippen molar-refractivity contribution < 1.29 is 5.11 Å². The molecule has 0 aliphatic heterocycles. The molecule has 0 bridgehead atoms. The first kappa shape index (κ1) is 11.6. The zero-order valence-corrected chi connectivity index (χ0v) is 11.0. The zero-order valence-electron chi connectivity index (χ0n) is 8.58. The van der Waals surface area contributed by atoms with Crippen LogP contribution in [0.2, 0.25) is 0 Å². The average Bonchev–Trinajstić information content (AvgIpc) is 2.83. The van der Waals surface area contributed by atoms with Crippen LogP contribution in [-0.4, -0.2) is 17.8 Å². The second-order valence-electron chi connectivity index (χ2n) is 4.09. The number of thiophene rings is 1. The third-order valence-electron chi connectivity index (χ3n) is 3.05. The second kappa shape index (κ2) is 5.43. The molecule has 0 radical (unpaired) electrons. The number of nitrogens with one attached hydrogen (secondary N) is 1. The van der Waals surface area contributed by atoms with E-state index in [9.17, 15) is 5.11 Å². The molecule has 0 spiro atoms. The maximum Gasteiger partial charge on any atom is 0.0474 e. The van der Waals surface area contributed by atoms with E-state index in [0.29, 0.717) is 18.6 Å². The van der Waals surface area contributed by atoms with Gasteiger partial charge in [0.2, 0.25) is 0 Å². The van der Waals surface area contributed by atoms with Gasteiger partial charge in [-0.2, -0.15) is 0 Å². The van der Waals surface area contributed by atoms with E-state index >= 15 is 0 Å². The Balaban J connectivity index is 1.82. The lowest BCUT2D eigenvalue weighted by molar-refractivity contribution is 0.205. The Kier molecular flexibility index (Phi) is 4.20. The third kappa shape index (κ3) is 3.03. The molecule has 1 aromatic rings. The van der Waals surface area contributed by atoms with E-state index in [1.54, 1.807) is 11.3 Å². The van der Waals surface area contributed by atoms with E-state index in [-0.39, 0.29) is 0 Å². The molecule has 1 aliphatic carbocycles. The number of rotatable bonds is 4. The largest absolute Gasteiger partial charge is 0.396 e. The SMILES string of the molecule is OCC1CCCC1NCc1cc(Br)cs1. The van der Waals surface area contributed by atoms with Gasteiger partial charge in [-0.25, -0.2) is 0 Å². The normalized spacial score (nSPS) is 26.0. The summed E-state index contributed by atoms with van der Waals surface area (Å²) in [5.41, 5.74) is 0. The molecule has 0 amide bonds. The van der Waals surface area contributed by atoms with Gasteiger partial charge < -0.3 is 10.4 Å². The highest BCUT2D eigenvalue weighted by molar-refractivity contribution is 9.10.